The zero-order valence-electron chi connectivity index (χ0n) is 8.35. The Morgan fingerprint density at radius 2 is 2.50 bits per heavy atom. The molecule has 2 rings (SSSR count). The molecule has 2 nitrogen and oxygen atoms in total. The van der Waals surface area contributed by atoms with Crippen LogP contribution in [0.25, 0.3) is 0 Å². The molecule has 0 spiro atoms. The molecule has 1 aromatic heterocycles. The van der Waals surface area contributed by atoms with E-state index < -0.39 is 0 Å². The van der Waals surface area contributed by atoms with Gasteiger partial charge in [0.05, 0.1) is 0 Å². The number of hydrogen-bond donors (Lipinski definition) is 1. The molecule has 1 aliphatic heterocycles. The summed E-state index contributed by atoms with van der Waals surface area (Å²) in [5.74, 6) is 0.526. The lowest BCUT2D eigenvalue weighted by Crippen LogP contribution is -2.23. The third-order valence-corrected chi connectivity index (χ3v) is 3.82. The fraction of sp³-hybridized carbons (Fsp3) is 0.636. The van der Waals surface area contributed by atoms with Crippen LogP contribution < -0.4 is 0 Å². The summed E-state index contributed by atoms with van der Waals surface area (Å²) >= 11 is 1.84. The molecular formula is C11H17NOS. The Balaban J connectivity index is 1.72. The monoisotopic (exact) mass is 211 g/mol. The summed E-state index contributed by atoms with van der Waals surface area (Å²) in [7, 11) is 0. The van der Waals surface area contributed by atoms with Gasteiger partial charge in [0.25, 0.3) is 0 Å². The van der Waals surface area contributed by atoms with Crippen molar-refractivity contribution in [3.63, 3.8) is 0 Å². The van der Waals surface area contributed by atoms with Crippen LogP contribution in [0.3, 0.4) is 0 Å². The summed E-state index contributed by atoms with van der Waals surface area (Å²) in [6.07, 6.45) is 2.33. The van der Waals surface area contributed by atoms with Crippen LogP contribution in [-0.2, 0) is 6.42 Å². The van der Waals surface area contributed by atoms with E-state index in [-0.39, 0.29) is 0 Å². The van der Waals surface area contributed by atoms with Crippen LogP contribution in [0.1, 0.15) is 11.3 Å². The first-order valence-electron chi connectivity index (χ1n) is 5.24. The predicted octanol–water partition coefficient (Wildman–Crippen LogP) is 1.60. The first kappa shape index (κ1) is 10.1. The Bertz CT molecular complexity index is 260. The van der Waals surface area contributed by atoms with Crippen LogP contribution in [-0.4, -0.2) is 36.2 Å². The average Bonchev–Trinajstić information content (AvgIpc) is 2.86. The van der Waals surface area contributed by atoms with E-state index in [0.717, 1.165) is 26.1 Å². The second-order valence-electron chi connectivity index (χ2n) is 3.97. The average molecular weight is 211 g/mol. The van der Waals surface area contributed by atoms with E-state index >= 15 is 0 Å². The van der Waals surface area contributed by atoms with Crippen LogP contribution in [0.2, 0.25) is 0 Å². The fourth-order valence-corrected chi connectivity index (χ4v) is 2.69. The Morgan fingerprint density at radius 3 is 3.14 bits per heavy atom. The molecule has 14 heavy (non-hydrogen) atoms. The van der Waals surface area contributed by atoms with Crippen molar-refractivity contribution in [3.8, 4) is 0 Å². The largest absolute Gasteiger partial charge is 0.396 e. The molecular weight excluding hydrogens is 194 g/mol. The number of likely N-dealkylation sites (tertiary alicyclic amines) is 1. The van der Waals surface area contributed by atoms with Gasteiger partial charge >= 0.3 is 0 Å². The van der Waals surface area contributed by atoms with Gasteiger partial charge in [0, 0.05) is 24.6 Å². The highest BCUT2D eigenvalue weighted by Crippen LogP contribution is 2.16. The third-order valence-electron chi connectivity index (χ3n) is 2.88. The molecule has 0 amide bonds. The van der Waals surface area contributed by atoms with Crippen molar-refractivity contribution >= 4 is 11.3 Å². The van der Waals surface area contributed by atoms with Gasteiger partial charge in [0.2, 0.25) is 0 Å². The van der Waals surface area contributed by atoms with E-state index in [1.165, 1.54) is 11.3 Å². The Kier molecular flexibility index (Phi) is 3.56. The van der Waals surface area contributed by atoms with Gasteiger partial charge in [-0.15, -0.1) is 11.3 Å². The van der Waals surface area contributed by atoms with Crippen molar-refractivity contribution in [2.24, 2.45) is 5.92 Å². The Morgan fingerprint density at radius 1 is 1.57 bits per heavy atom. The SMILES string of the molecule is OCC1CCN(CCc2cccs2)C1. The van der Waals surface area contributed by atoms with Gasteiger partial charge in [-0.3, -0.25) is 0 Å². The summed E-state index contributed by atoms with van der Waals surface area (Å²) in [6.45, 7) is 3.75. The topological polar surface area (TPSA) is 23.5 Å². The zero-order valence-corrected chi connectivity index (χ0v) is 9.17. The number of aliphatic hydroxyl groups excluding tert-OH is 1. The van der Waals surface area contributed by atoms with Crippen LogP contribution >= 0.6 is 11.3 Å². The van der Waals surface area contributed by atoms with Crippen molar-refractivity contribution < 1.29 is 5.11 Å². The molecule has 1 fully saturated rings. The normalized spacial score (nSPS) is 23.1. The first-order chi connectivity index (χ1) is 6.88. The summed E-state index contributed by atoms with van der Waals surface area (Å²) in [6, 6.07) is 4.31. The molecule has 0 aliphatic carbocycles. The van der Waals surface area contributed by atoms with E-state index in [4.69, 9.17) is 5.11 Å². The minimum atomic E-state index is 0.357. The lowest BCUT2D eigenvalue weighted by molar-refractivity contribution is 0.222. The maximum absolute atomic E-state index is 9.01. The highest BCUT2D eigenvalue weighted by Gasteiger charge is 2.20. The van der Waals surface area contributed by atoms with Gasteiger partial charge in [0.15, 0.2) is 0 Å². The van der Waals surface area contributed by atoms with E-state index in [9.17, 15) is 0 Å². The molecule has 0 bridgehead atoms. The standard InChI is InChI=1S/C11H17NOS/c13-9-10-3-5-12(8-10)6-4-11-2-1-7-14-11/h1-2,7,10,13H,3-6,8-9H2. The highest BCUT2D eigenvalue weighted by atomic mass is 32.1. The molecule has 3 heteroatoms. The maximum atomic E-state index is 9.01. The third kappa shape index (κ3) is 2.56. The van der Waals surface area contributed by atoms with E-state index in [2.05, 4.69) is 22.4 Å². The molecule has 1 unspecified atom stereocenters. The van der Waals surface area contributed by atoms with Gasteiger partial charge in [0.1, 0.15) is 0 Å². The van der Waals surface area contributed by atoms with Gasteiger partial charge in [-0.1, -0.05) is 6.07 Å². The van der Waals surface area contributed by atoms with Gasteiger partial charge < -0.3 is 10.0 Å². The minimum Gasteiger partial charge on any atom is -0.396 e. The van der Waals surface area contributed by atoms with Crippen molar-refractivity contribution in [2.45, 2.75) is 12.8 Å². The molecule has 0 saturated carbocycles. The predicted molar refractivity (Wildman–Crippen MR) is 59.7 cm³/mol. The second-order valence-corrected chi connectivity index (χ2v) is 5.00. The summed E-state index contributed by atoms with van der Waals surface area (Å²) < 4.78 is 0. The van der Waals surface area contributed by atoms with Crippen LogP contribution in [0.15, 0.2) is 17.5 Å². The summed E-state index contributed by atoms with van der Waals surface area (Å²) in [4.78, 5) is 3.93. The Hall–Kier alpha value is -0.380. The van der Waals surface area contributed by atoms with E-state index in [1.54, 1.807) is 0 Å². The summed E-state index contributed by atoms with van der Waals surface area (Å²) in [5, 5.41) is 11.1. The van der Waals surface area contributed by atoms with Gasteiger partial charge in [-0.2, -0.15) is 0 Å². The quantitative estimate of drug-likeness (QED) is 0.818. The maximum Gasteiger partial charge on any atom is 0.0471 e. The van der Waals surface area contributed by atoms with Crippen LogP contribution in [0.5, 0.6) is 0 Å². The number of thiophene rings is 1. The molecule has 1 N–H and O–H groups in total. The zero-order chi connectivity index (χ0) is 9.80. The molecule has 2 heterocycles. The first-order valence-corrected chi connectivity index (χ1v) is 6.12. The summed E-state index contributed by atoms with van der Waals surface area (Å²) in [5.41, 5.74) is 0. The molecule has 1 aromatic rings. The number of rotatable bonds is 4. The number of hydrogen-bond acceptors (Lipinski definition) is 3. The van der Waals surface area contributed by atoms with Crippen LogP contribution in [0, 0.1) is 5.92 Å². The molecule has 78 valence electrons. The molecule has 0 aromatic carbocycles. The Labute approximate surface area is 89.2 Å². The van der Waals surface area contributed by atoms with E-state index in [1.807, 2.05) is 11.3 Å². The van der Waals surface area contributed by atoms with Gasteiger partial charge in [-0.25, -0.2) is 0 Å². The van der Waals surface area contributed by atoms with E-state index in [0.29, 0.717) is 12.5 Å². The van der Waals surface area contributed by atoms with Crippen molar-refractivity contribution in [1.82, 2.24) is 4.90 Å². The van der Waals surface area contributed by atoms with Crippen LogP contribution in [0.4, 0.5) is 0 Å². The highest BCUT2D eigenvalue weighted by molar-refractivity contribution is 7.09. The van der Waals surface area contributed by atoms with Crippen molar-refractivity contribution in [1.29, 1.82) is 0 Å². The molecule has 1 atom stereocenters. The fourth-order valence-electron chi connectivity index (χ4n) is 1.99. The smallest absolute Gasteiger partial charge is 0.0471 e. The van der Waals surface area contributed by atoms with Gasteiger partial charge in [-0.05, 0) is 36.8 Å². The number of aliphatic hydroxyl groups is 1. The minimum absolute atomic E-state index is 0.357. The lowest BCUT2D eigenvalue weighted by atomic mass is 10.1. The molecule has 1 saturated heterocycles. The van der Waals surface area contributed by atoms with Crippen molar-refractivity contribution in [3.05, 3.63) is 22.4 Å². The number of nitrogens with zero attached hydrogens (tertiary/aromatic N) is 1. The molecule has 1 aliphatic rings. The lowest BCUT2D eigenvalue weighted by Gasteiger charge is -2.14. The van der Waals surface area contributed by atoms with Crippen molar-refractivity contribution in [2.75, 3.05) is 26.2 Å². The second kappa shape index (κ2) is 4.91. The molecule has 0 radical (unpaired) electrons.